The van der Waals surface area contributed by atoms with E-state index in [9.17, 15) is 9.59 Å². The van der Waals surface area contributed by atoms with Crippen LogP contribution in [0.2, 0.25) is 0 Å². The number of hydrogen-bond acceptors (Lipinski definition) is 4. The van der Waals surface area contributed by atoms with Crippen LogP contribution in [0, 0.1) is 13.8 Å². The number of esters is 1. The summed E-state index contributed by atoms with van der Waals surface area (Å²) in [7, 11) is 1.35. The fourth-order valence-corrected chi connectivity index (χ4v) is 3.58. The summed E-state index contributed by atoms with van der Waals surface area (Å²) in [5.41, 5.74) is 4.91. The van der Waals surface area contributed by atoms with Gasteiger partial charge in [0.25, 0.3) is 5.56 Å². The van der Waals surface area contributed by atoms with Crippen molar-refractivity contribution in [2.75, 3.05) is 7.11 Å². The first-order valence-electron chi connectivity index (χ1n) is 9.12. The molecule has 4 aromatic rings. The molecule has 6 nitrogen and oxygen atoms in total. The van der Waals surface area contributed by atoms with E-state index in [4.69, 9.17) is 4.74 Å². The second-order valence-electron chi connectivity index (χ2n) is 6.87. The normalized spacial score (nSPS) is 11.2. The molecule has 0 atom stereocenters. The topological polar surface area (TPSA) is 65.6 Å². The molecule has 0 amide bonds. The lowest BCUT2D eigenvalue weighted by Gasteiger charge is -2.16. The first-order valence-corrected chi connectivity index (χ1v) is 9.12. The standard InChI is InChI=1S/C22H21N3O3/c1-14-8-4-5-9-16(14)12-17-15(2)24(13-20(26)28-3)22-23-18-10-6-7-11-19(18)25(22)21(17)27/h4-11H,12-13H2,1-3H3. The third-order valence-electron chi connectivity index (χ3n) is 5.23. The Morgan fingerprint density at radius 1 is 1.07 bits per heavy atom. The molecule has 2 aromatic heterocycles. The molecule has 2 heterocycles. The van der Waals surface area contributed by atoms with E-state index >= 15 is 0 Å². The Bertz CT molecular complexity index is 1270. The average molecular weight is 375 g/mol. The van der Waals surface area contributed by atoms with E-state index in [1.165, 1.54) is 7.11 Å². The van der Waals surface area contributed by atoms with Gasteiger partial charge in [-0.1, -0.05) is 36.4 Å². The highest BCUT2D eigenvalue weighted by atomic mass is 16.5. The number of nitrogens with zero attached hydrogens (tertiary/aromatic N) is 3. The van der Waals surface area contributed by atoms with Crippen molar-refractivity contribution in [3.8, 4) is 0 Å². The third kappa shape index (κ3) is 2.87. The molecule has 0 unspecified atom stereocenters. The number of benzene rings is 2. The summed E-state index contributed by atoms with van der Waals surface area (Å²) >= 11 is 0. The molecular formula is C22H21N3O3. The van der Waals surface area contributed by atoms with Gasteiger partial charge in [-0.15, -0.1) is 0 Å². The molecule has 0 saturated heterocycles. The number of hydrogen-bond donors (Lipinski definition) is 0. The lowest BCUT2D eigenvalue weighted by Crippen LogP contribution is -2.27. The molecule has 0 saturated carbocycles. The fourth-order valence-electron chi connectivity index (χ4n) is 3.58. The van der Waals surface area contributed by atoms with E-state index in [2.05, 4.69) is 4.98 Å². The molecule has 0 radical (unpaired) electrons. The Morgan fingerprint density at radius 2 is 1.79 bits per heavy atom. The van der Waals surface area contributed by atoms with Gasteiger partial charge in [0.15, 0.2) is 0 Å². The second kappa shape index (κ2) is 6.96. The van der Waals surface area contributed by atoms with Crippen LogP contribution in [-0.4, -0.2) is 27.0 Å². The van der Waals surface area contributed by atoms with Crippen molar-refractivity contribution in [1.29, 1.82) is 0 Å². The molecule has 28 heavy (non-hydrogen) atoms. The van der Waals surface area contributed by atoms with E-state index in [0.29, 0.717) is 23.3 Å². The fraction of sp³-hybridized carbons (Fsp3) is 0.227. The number of fused-ring (bicyclic) bond motifs is 3. The summed E-state index contributed by atoms with van der Waals surface area (Å²) in [6, 6.07) is 15.5. The van der Waals surface area contributed by atoms with Crippen molar-refractivity contribution in [1.82, 2.24) is 14.0 Å². The van der Waals surface area contributed by atoms with E-state index in [-0.39, 0.29) is 18.1 Å². The van der Waals surface area contributed by atoms with Crippen LogP contribution in [0.25, 0.3) is 16.8 Å². The number of imidazole rings is 1. The molecule has 4 rings (SSSR count). The third-order valence-corrected chi connectivity index (χ3v) is 5.23. The smallest absolute Gasteiger partial charge is 0.325 e. The van der Waals surface area contributed by atoms with Crippen LogP contribution in [0.3, 0.4) is 0 Å². The van der Waals surface area contributed by atoms with Crippen LogP contribution >= 0.6 is 0 Å². The molecule has 0 aliphatic rings. The summed E-state index contributed by atoms with van der Waals surface area (Å²) < 4.78 is 8.23. The molecule has 142 valence electrons. The predicted molar refractivity (Wildman–Crippen MR) is 108 cm³/mol. The molecule has 0 aliphatic heterocycles. The SMILES string of the molecule is COC(=O)Cn1c(C)c(Cc2ccccc2C)c(=O)n2c3ccccc3nc12. The largest absolute Gasteiger partial charge is 0.468 e. The Hall–Kier alpha value is -3.41. The lowest BCUT2D eigenvalue weighted by atomic mass is 10.0. The number of carbonyl (C=O) groups excluding carboxylic acids is 1. The number of rotatable bonds is 4. The monoisotopic (exact) mass is 375 g/mol. The van der Waals surface area contributed by atoms with E-state index in [1.54, 1.807) is 8.97 Å². The van der Waals surface area contributed by atoms with Crippen molar-refractivity contribution < 1.29 is 9.53 Å². The summed E-state index contributed by atoms with van der Waals surface area (Å²) in [6.45, 7) is 3.89. The summed E-state index contributed by atoms with van der Waals surface area (Å²) in [5.74, 6) is 0.0604. The van der Waals surface area contributed by atoms with Gasteiger partial charge in [-0.25, -0.2) is 9.38 Å². The first kappa shape index (κ1) is 18.0. The minimum absolute atomic E-state index is 0.00376. The van der Waals surface area contributed by atoms with Gasteiger partial charge in [-0.3, -0.25) is 9.59 Å². The number of ether oxygens (including phenoxy) is 1. The molecule has 0 aliphatic carbocycles. The second-order valence-corrected chi connectivity index (χ2v) is 6.87. The minimum Gasteiger partial charge on any atom is -0.468 e. The Labute approximate surface area is 162 Å². The van der Waals surface area contributed by atoms with Crippen LogP contribution in [0.15, 0.2) is 53.3 Å². The molecule has 6 heteroatoms. The number of para-hydroxylation sites is 2. The quantitative estimate of drug-likeness (QED) is 0.514. The van der Waals surface area contributed by atoms with Gasteiger partial charge < -0.3 is 9.30 Å². The predicted octanol–water partition coefficient (Wildman–Crippen LogP) is 3.03. The van der Waals surface area contributed by atoms with Crippen LogP contribution in [0.5, 0.6) is 0 Å². The van der Waals surface area contributed by atoms with Crippen molar-refractivity contribution >= 4 is 22.8 Å². The summed E-state index contributed by atoms with van der Waals surface area (Å²) in [6.07, 6.45) is 0.487. The van der Waals surface area contributed by atoms with Crippen LogP contribution in [0.1, 0.15) is 22.4 Å². The summed E-state index contributed by atoms with van der Waals surface area (Å²) in [5, 5.41) is 0. The highest BCUT2D eigenvalue weighted by Crippen LogP contribution is 2.20. The van der Waals surface area contributed by atoms with Gasteiger partial charge in [0, 0.05) is 17.7 Å². The van der Waals surface area contributed by atoms with Crippen LogP contribution in [-0.2, 0) is 22.5 Å². The van der Waals surface area contributed by atoms with E-state index < -0.39 is 0 Å². The van der Waals surface area contributed by atoms with Crippen molar-refractivity contribution in [3.63, 3.8) is 0 Å². The van der Waals surface area contributed by atoms with Gasteiger partial charge in [0.2, 0.25) is 5.78 Å². The van der Waals surface area contributed by atoms with Gasteiger partial charge in [-0.05, 0) is 37.1 Å². The average Bonchev–Trinajstić information content (AvgIpc) is 3.09. The molecule has 0 fully saturated rings. The minimum atomic E-state index is -0.387. The van der Waals surface area contributed by atoms with Gasteiger partial charge in [0.1, 0.15) is 6.54 Å². The van der Waals surface area contributed by atoms with Crippen LogP contribution in [0.4, 0.5) is 0 Å². The van der Waals surface area contributed by atoms with Crippen molar-refractivity contribution in [2.45, 2.75) is 26.8 Å². The highest BCUT2D eigenvalue weighted by molar-refractivity contribution is 5.80. The van der Waals surface area contributed by atoms with Crippen molar-refractivity contribution in [3.05, 3.63) is 81.3 Å². The lowest BCUT2D eigenvalue weighted by molar-refractivity contribution is -0.141. The molecule has 0 spiro atoms. The van der Waals surface area contributed by atoms with E-state index in [1.807, 2.05) is 62.4 Å². The molecule has 0 bridgehead atoms. The maximum atomic E-state index is 13.4. The Kier molecular flexibility index (Phi) is 4.47. The highest BCUT2D eigenvalue weighted by Gasteiger charge is 2.20. The molecule has 0 N–H and O–H groups in total. The zero-order valence-electron chi connectivity index (χ0n) is 16.1. The van der Waals surface area contributed by atoms with Gasteiger partial charge >= 0.3 is 5.97 Å². The van der Waals surface area contributed by atoms with E-state index in [0.717, 1.165) is 22.3 Å². The van der Waals surface area contributed by atoms with Gasteiger partial charge in [-0.2, -0.15) is 0 Å². The number of aryl methyl sites for hydroxylation is 1. The number of methoxy groups -OCH3 is 1. The maximum absolute atomic E-state index is 13.4. The first-order chi connectivity index (χ1) is 13.5. The molecular weight excluding hydrogens is 354 g/mol. The Balaban J connectivity index is 2.04. The van der Waals surface area contributed by atoms with Gasteiger partial charge in [0.05, 0.1) is 18.1 Å². The zero-order chi connectivity index (χ0) is 19.8. The number of carbonyl (C=O) groups is 1. The Morgan fingerprint density at radius 3 is 2.54 bits per heavy atom. The summed E-state index contributed by atoms with van der Waals surface area (Å²) in [4.78, 5) is 30.1. The van der Waals surface area contributed by atoms with Crippen LogP contribution < -0.4 is 5.56 Å². The number of aromatic nitrogens is 3. The maximum Gasteiger partial charge on any atom is 0.325 e. The van der Waals surface area contributed by atoms with Crippen molar-refractivity contribution in [2.24, 2.45) is 0 Å². The zero-order valence-corrected chi connectivity index (χ0v) is 16.1. The molecule has 2 aromatic carbocycles.